The Morgan fingerprint density at radius 3 is 2.43 bits per heavy atom. The fourth-order valence-corrected chi connectivity index (χ4v) is 3.30. The van der Waals surface area contributed by atoms with Gasteiger partial charge in [0.2, 0.25) is 5.91 Å². The Morgan fingerprint density at radius 1 is 1.11 bits per heavy atom. The number of amides is 1. The van der Waals surface area contributed by atoms with E-state index in [1.165, 1.54) is 6.07 Å². The van der Waals surface area contributed by atoms with Crippen molar-refractivity contribution in [3.63, 3.8) is 0 Å². The van der Waals surface area contributed by atoms with E-state index in [0.29, 0.717) is 0 Å². The van der Waals surface area contributed by atoms with Crippen molar-refractivity contribution >= 4 is 17.4 Å². The van der Waals surface area contributed by atoms with Crippen molar-refractivity contribution in [3.8, 4) is 0 Å². The van der Waals surface area contributed by atoms with Gasteiger partial charge in [0.25, 0.3) is 0 Å². The molecule has 1 N–H and O–H groups in total. The maximum Gasteiger partial charge on any atom is 0.241 e. The Bertz CT molecular complexity index is 833. The van der Waals surface area contributed by atoms with Crippen LogP contribution in [0.1, 0.15) is 38.2 Å². The van der Waals surface area contributed by atoms with Crippen LogP contribution in [0.15, 0.2) is 30.3 Å². The Kier molecular flexibility index (Phi) is 6.24. The van der Waals surface area contributed by atoms with Crippen LogP contribution in [0, 0.1) is 12.7 Å². The smallest absolute Gasteiger partial charge is 0.241 e. The number of carbonyl (C=O) groups excluding carboxylic acids is 1. The third-order valence-corrected chi connectivity index (χ3v) is 5.07. The summed E-state index contributed by atoms with van der Waals surface area (Å²) in [5.74, 6) is 1.46. The fourth-order valence-electron chi connectivity index (χ4n) is 3.30. The average Bonchev–Trinajstić information content (AvgIpc) is 2.68. The molecule has 0 unspecified atom stereocenters. The van der Waals surface area contributed by atoms with E-state index in [1.807, 2.05) is 19.9 Å². The molecule has 2 aromatic rings. The van der Waals surface area contributed by atoms with E-state index in [9.17, 15) is 9.18 Å². The molecule has 1 aromatic carbocycles. The zero-order chi connectivity index (χ0) is 20.3. The van der Waals surface area contributed by atoms with Gasteiger partial charge in [-0.1, -0.05) is 26.0 Å². The Hall–Kier alpha value is -2.54. The monoisotopic (exact) mass is 385 g/mol. The minimum atomic E-state index is -0.423. The topological polar surface area (TPSA) is 61.4 Å². The lowest BCUT2D eigenvalue weighted by Gasteiger charge is -2.38. The Morgan fingerprint density at radius 2 is 1.79 bits per heavy atom. The summed E-state index contributed by atoms with van der Waals surface area (Å²) >= 11 is 0. The van der Waals surface area contributed by atoms with E-state index in [-0.39, 0.29) is 23.6 Å². The second-order valence-electron chi connectivity index (χ2n) is 7.55. The lowest BCUT2D eigenvalue weighted by molar-refractivity contribution is -0.120. The van der Waals surface area contributed by atoms with Crippen molar-refractivity contribution in [2.75, 3.05) is 36.4 Å². The molecule has 0 aliphatic carbocycles. The summed E-state index contributed by atoms with van der Waals surface area (Å²) in [5.41, 5.74) is 1.18. The molecule has 0 saturated carbocycles. The number of anilines is 2. The van der Waals surface area contributed by atoms with Gasteiger partial charge in [-0.2, -0.15) is 0 Å². The third-order valence-electron chi connectivity index (χ3n) is 5.07. The summed E-state index contributed by atoms with van der Waals surface area (Å²) in [6.45, 7) is 11.1. The van der Waals surface area contributed by atoms with Gasteiger partial charge in [0.1, 0.15) is 17.5 Å². The predicted molar refractivity (Wildman–Crippen MR) is 109 cm³/mol. The zero-order valence-electron chi connectivity index (χ0n) is 16.9. The SMILES string of the molecule is Cc1cc(N2CCN([C@@H](C)C(=O)Nc3ccccc3F)CC2)nc(C(C)C)n1. The lowest BCUT2D eigenvalue weighted by atomic mass is 10.2. The number of aromatic nitrogens is 2. The molecular weight excluding hydrogens is 357 g/mol. The summed E-state index contributed by atoms with van der Waals surface area (Å²) in [6, 6.07) is 7.90. The average molecular weight is 385 g/mol. The normalized spacial score (nSPS) is 16.3. The van der Waals surface area contributed by atoms with Crippen molar-refractivity contribution in [1.29, 1.82) is 0 Å². The van der Waals surface area contributed by atoms with E-state index in [1.54, 1.807) is 18.2 Å². The molecule has 2 heterocycles. The van der Waals surface area contributed by atoms with Crippen molar-refractivity contribution in [2.24, 2.45) is 0 Å². The van der Waals surface area contributed by atoms with Crippen LogP contribution in [0.25, 0.3) is 0 Å². The molecule has 1 amide bonds. The number of aryl methyl sites for hydroxylation is 1. The van der Waals surface area contributed by atoms with Gasteiger partial charge >= 0.3 is 0 Å². The van der Waals surface area contributed by atoms with Crippen LogP contribution in [0.2, 0.25) is 0 Å². The van der Waals surface area contributed by atoms with E-state index in [0.717, 1.165) is 43.5 Å². The van der Waals surface area contributed by atoms with Gasteiger partial charge in [-0.25, -0.2) is 14.4 Å². The quantitative estimate of drug-likeness (QED) is 0.856. The van der Waals surface area contributed by atoms with Crippen LogP contribution in [0.5, 0.6) is 0 Å². The van der Waals surface area contributed by atoms with Crippen LogP contribution >= 0.6 is 0 Å². The second kappa shape index (κ2) is 8.65. The molecule has 0 spiro atoms. The number of hydrogen-bond donors (Lipinski definition) is 1. The number of benzene rings is 1. The molecule has 1 aromatic heterocycles. The number of carbonyl (C=O) groups is 1. The maximum absolute atomic E-state index is 13.8. The first-order chi connectivity index (χ1) is 13.3. The largest absolute Gasteiger partial charge is 0.354 e. The minimum absolute atomic E-state index is 0.196. The number of halogens is 1. The van der Waals surface area contributed by atoms with Gasteiger partial charge in [-0.3, -0.25) is 9.69 Å². The predicted octanol–water partition coefficient (Wildman–Crippen LogP) is 3.20. The van der Waals surface area contributed by atoms with Crippen molar-refractivity contribution < 1.29 is 9.18 Å². The van der Waals surface area contributed by atoms with Gasteiger partial charge in [-0.15, -0.1) is 0 Å². The minimum Gasteiger partial charge on any atom is -0.354 e. The first-order valence-electron chi connectivity index (χ1n) is 9.75. The molecule has 1 aliphatic rings. The Balaban J connectivity index is 1.60. The first kappa shape index (κ1) is 20.2. The Labute approximate surface area is 165 Å². The number of para-hydroxylation sites is 1. The van der Waals surface area contributed by atoms with Gasteiger partial charge in [0, 0.05) is 43.9 Å². The molecule has 1 atom stereocenters. The molecule has 0 radical (unpaired) electrons. The summed E-state index contributed by atoms with van der Waals surface area (Å²) < 4.78 is 13.8. The molecule has 1 saturated heterocycles. The molecule has 3 rings (SSSR count). The number of hydrogen-bond acceptors (Lipinski definition) is 5. The van der Waals surface area contributed by atoms with E-state index < -0.39 is 5.82 Å². The summed E-state index contributed by atoms with van der Waals surface area (Å²) in [7, 11) is 0. The summed E-state index contributed by atoms with van der Waals surface area (Å²) in [5, 5.41) is 2.69. The maximum atomic E-state index is 13.8. The van der Waals surface area contributed by atoms with Crippen molar-refractivity contribution in [3.05, 3.63) is 47.7 Å². The fraction of sp³-hybridized carbons (Fsp3) is 0.476. The molecular formula is C21H28FN5O. The molecule has 7 heteroatoms. The molecule has 0 bridgehead atoms. The lowest BCUT2D eigenvalue weighted by Crippen LogP contribution is -2.53. The molecule has 6 nitrogen and oxygen atoms in total. The van der Waals surface area contributed by atoms with Gasteiger partial charge in [0.15, 0.2) is 0 Å². The highest BCUT2D eigenvalue weighted by atomic mass is 19.1. The number of nitrogens with one attached hydrogen (secondary N) is 1. The van der Waals surface area contributed by atoms with Gasteiger partial charge in [0.05, 0.1) is 11.7 Å². The van der Waals surface area contributed by atoms with Crippen molar-refractivity contribution in [2.45, 2.75) is 39.7 Å². The standard InChI is InChI=1S/C21H28FN5O/c1-14(2)20-23-15(3)13-19(25-20)27-11-9-26(10-12-27)16(4)21(28)24-18-8-6-5-7-17(18)22/h5-8,13-14,16H,9-12H2,1-4H3,(H,24,28)/t16-/m0/s1. The molecule has 28 heavy (non-hydrogen) atoms. The highest BCUT2D eigenvalue weighted by Gasteiger charge is 2.27. The van der Waals surface area contributed by atoms with E-state index >= 15 is 0 Å². The molecule has 1 aliphatic heterocycles. The van der Waals surface area contributed by atoms with Crippen LogP contribution in [0.4, 0.5) is 15.9 Å². The number of rotatable bonds is 5. The number of piperazine rings is 1. The summed E-state index contributed by atoms with van der Waals surface area (Å²) in [4.78, 5) is 26.1. The molecule has 150 valence electrons. The van der Waals surface area contributed by atoms with E-state index in [2.05, 4.69) is 33.9 Å². The van der Waals surface area contributed by atoms with Crippen LogP contribution in [0.3, 0.4) is 0 Å². The van der Waals surface area contributed by atoms with Gasteiger partial charge < -0.3 is 10.2 Å². The molecule has 1 fully saturated rings. The van der Waals surface area contributed by atoms with Crippen LogP contribution in [-0.2, 0) is 4.79 Å². The zero-order valence-corrected chi connectivity index (χ0v) is 16.9. The highest BCUT2D eigenvalue weighted by Crippen LogP contribution is 2.20. The van der Waals surface area contributed by atoms with Crippen LogP contribution in [-0.4, -0.2) is 53.0 Å². The van der Waals surface area contributed by atoms with E-state index in [4.69, 9.17) is 4.98 Å². The second-order valence-corrected chi connectivity index (χ2v) is 7.55. The van der Waals surface area contributed by atoms with Gasteiger partial charge in [-0.05, 0) is 26.0 Å². The summed E-state index contributed by atoms with van der Waals surface area (Å²) in [6.07, 6.45) is 0. The third kappa shape index (κ3) is 4.65. The number of nitrogens with zero attached hydrogens (tertiary/aromatic N) is 4. The first-order valence-corrected chi connectivity index (χ1v) is 9.75. The highest BCUT2D eigenvalue weighted by molar-refractivity contribution is 5.94. The van der Waals surface area contributed by atoms with Crippen LogP contribution < -0.4 is 10.2 Å². The van der Waals surface area contributed by atoms with Crippen molar-refractivity contribution in [1.82, 2.24) is 14.9 Å².